The maximum absolute atomic E-state index is 12.2. The van der Waals surface area contributed by atoms with Crippen LogP contribution in [0.2, 0.25) is 0 Å². The second kappa shape index (κ2) is 6.96. The standard InChI is InChI=1S/C18H25N3O4/c1-18(2,3)25-17(22)21-6-4-20(5-7-21)14-10-13(12-19)11-15-16(14)24-9-8-23-15/h11,14H,4-10H2,1-3H3. The lowest BCUT2D eigenvalue weighted by Crippen LogP contribution is -2.54. The Labute approximate surface area is 148 Å². The molecular weight excluding hydrogens is 322 g/mol. The van der Waals surface area contributed by atoms with Gasteiger partial charge in [-0.2, -0.15) is 5.26 Å². The fourth-order valence-electron chi connectivity index (χ4n) is 3.25. The third kappa shape index (κ3) is 4.07. The molecule has 1 unspecified atom stereocenters. The maximum Gasteiger partial charge on any atom is 0.410 e. The second-order valence-electron chi connectivity index (χ2n) is 7.43. The van der Waals surface area contributed by atoms with E-state index in [0.717, 1.165) is 5.76 Å². The van der Waals surface area contributed by atoms with Crippen LogP contribution >= 0.6 is 0 Å². The van der Waals surface area contributed by atoms with Gasteiger partial charge in [0.1, 0.15) is 18.8 Å². The van der Waals surface area contributed by atoms with Gasteiger partial charge in [0.15, 0.2) is 11.5 Å². The van der Waals surface area contributed by atoms with E-state index in [-0.39, 0.29) is 12.1 Å². The lowest BCUT2D eigenvalue weighted by molar-refractivity contribution is 0.000422. The van der Waals surface area contributed by atoms with Crippen LogP contribution < -0.4 is 0 Å². The monoisotopic (exact) mass is 347 g/mol. The first kappa shape index (κ1) is 17.6. The average Bonchev–Trinajstić information content (AvgIpc) is 2.59. The van der Waals surface area contributed by atoms with E-state index >= 15 is 0 Å². The summed E-state index contributed by atoms with van der Waals surface area (Å²) >= 11 is 0. The Bertz CT molecular complexity index is 634. The molecule has 25 heavy (non-hydrogen) atoms. The van der Waals surface area contributed by atoms with Crippen LogP contribution in [0.25, 0.3) is 0 Å². The summed E-state index contributed by atoms with van der Waals surface area (Å²) in [5, 5.41) is 9.30. The molecule has 0 radical (unpaired) electrons. The van der Waals surface area contributed by atoms with Gasteiger partial charge in [0, 0.05) is 38.2 Å². The molecular formula is C18H25N3O4. The smallest absolute Gasteiger partial charge is 0.410 e. The van der Waals surface area contributed by atoms with Crippen LogP contribution in [0.15, 0.2) is 23.2 Å². The fourth-order valence-corrected chi connectivity index (χ4v) is 3.25. The second-order valence-corrected chi connectivity index (χ2v) is 7.43. The van der Waals surface area contributed by atoms with Crippen molar-refractivity contribution in [3.05, 3.63) is 23.2 Å². The van der Waals surface area contributed by atoms with Crippen molar-refractivity contribution in [1.29, 1.82) is 5.26 Å². The van der Waals surface area contributed by atoms with Crippen molar-refractivity contribution >= 4 is 6.09 Å². The predicted octanol–water partition coefficient (Wildman–Crippen LogP) is 2.02. The summed E-state index contributed by atoms with van der Waals surface area (Å²) in [5.74, 6) is 1.49. The number of amides is 1. The Balaban J connectivity index is 1.65. The summed E-state index contributed by atoms with van der Waals surface area (Å²) in [6.07, 6.45) is 2.12. The Morgan fingerprint density at radius 2 is 1.92 bits per heavy atom. The van der Waals surface area contributed by atoms with Crippen LogP contribution in [0.1, 0.15) is 27.2 Å². The predicted molar refractivity (Wildman–Crippen MR) is 90.4 cm³/mol. The SMILES string of the molecule is CC(C)(C)OC(=O)N1CCN(C2CC(C#N)=CC3=C2OCCO3)CC1. The van der Waals surface area contributed by atoms with Gasteiger partial charge in [-0.15, -0.1) is 0 Å². The minimum Gasteiger partial charge on any atom is -0.489 e. The molecule has 3 rings (SSSR count). The molecule has 1 aliphatic carbocycles. The normalized spacial score (nSPS) is 24.5. The minimum atomic E-state index is -0.489. The molecule has 7 nitrogen and oxygen atoms in total. The van der Waals surface area contributed by atoms with Gasteiger partial charge in [0.05, 0.1) is 12.1 Å². The van der Waals surface area contributed by atoms with Crippen LogP contribution in [-0.2, 0) is 14.2 Å². The molecule has 1 saturated heterocycles. The summed E-state index contributed by atoms with van der Waals surface area (Å²) in [7, 11) is 0. The molecule has 2 heterocycles. The van der Waals surface area contributed by atoms with E-state index in [2.05, 4.69) is 11.0 Å². The summed E-state index contributed by atoms with van der Waals surface area (Å²) in [5.41, 5.74) is 0.209. The molecule has 0 saturated carbocycles. The van der Waals surface area contributed by atoms with Crippen molar-refractivity contribution in [1.82, 2.24) is 9.80 Å². The van der Waals surface area contributed by atoms with E-state index < -0.39 is 5.60 Å². The fraction of sp³-hybridized carbons (Fsp3) is 0.667. The summed E-state index contributed by atoms with van der Waals surface area (Å²) in [6.45, 7) is 9.26. The van der Waals surface area contributed by atoms with Gasteiger partial charge >= 0.3 is 6.09 Å². The number of hydrogen-bond acceptors (Lipinski definition) is 6. The molecule has 0 aromatic heterocycles. The molecule has 1 amide bonds. The molecule has 0 aromatic rings. The molecule has 0 spiro atoms. The number of carbonyl (C=O) groups excluding carboxylic acids is 1. The van der Waals surface area contributed by atoms with Gasteiger partial charge in [0.25, 0.3) is 0 Å². The van der Waals surface area contributed by atoms with Crippen molar-refractivity contribution in [2.75, 3.05) is 39.4 Å². The zero-order valence-corrected chi connectivity index (χ0v) is 15.1. The van der Waals surface area contributed by atoms with Crippen molar-refractivity contribution in [2.45, 2.75) is 38.8 Å². The molecule has 2 aliphatic heterocycles. The molecule has 0 aromatic carbocycles. The van der Waals surface area contributed by atoms with Crippen LogP contribution in [0.5, 0.6) is 0 Å². The Morgan fingerprint density at radius 3 is 2.56 bits per heavy atom. The van der Waals surface area contributed by atoms with E-state index in [0.29, 0.717) is 57.1 Å². The first-order valence-electron chi connectivity index (χ1n) is 8.70. The van der Waals surface area contributed by atoms with Crippen LogP contribution in [0.4, 0.5) is 4.79 Å². The lowest BCUT2D eigenvalue weighted by atomic mass is 9.96. The highest BCUT2D eigenvalue weighted by molar-refractivity contribution is 5.68. The Morgan fingerprint density at radius 1 is 1.24 bits per heavy atom. The van der Waals surface area contributed by atoms with E-state index in [4.69, 9.17) is 14.2 Å². The molecule has 136 valence electrons. The van der Waals surface area contributed by atoms with E-state index in [1.807, 2.05) is 20.8 Å². The highest BCUT2D eigenvalue weighted by Gasteiger charge is 2.36. The van der Waals surface area contributed by atoms with Crippen molar-refractivity contribution < 1.29 is 19.0 Å². The highest BCUT2D eigenvalue weighted by atomic mass is 16.6. The molecule has 0 bridgehead atoms. The van der Waals surface area contributed by atoms with Gasteiger partial charge in [-0.05, 0) is 26.8 Å². The van der Waals surface area contributed by atoms with Crippen molar-refractivity contribution in [3.8, 4) is 6.07 Å². The third-order valence-corrected chi connectivity index (χ3v) is 4.41. The average molecular weight is 347 g/mol. The summed E-state index contributed by atoms with van der Waals surface area (Å²) in [6, 6.07) is 2.24. The quantitative estimate of drug-likeness (QED) is 0.722. The Hall–Kier alpha value is -2.20. The van der Waals surface area contributed by atoms with Gasteiger partial charge < -0.3 is 19.1 Å². The number of allylic oxidation sites excluding steroid dienone is 1. The van der Waals surface area contributed by atoms with Crippen LogP contribution in [0, 0.1) is 11.3 Å². The van der Waals surface area contributed by atoms with Crippen LogP contribution in [-0.4, -0.2) is 66.9 Å². The first-order chi connectivity index (χ1) is 11.9. The zero-order valence-electron chi connectivity index (χ0n) is 15.1. The number of nitriles is 1. The van der Waals surface area contributed by atoms with E-state index in [1.54, 1.807) is 11.0 Å². The van der Waals surface area contributed by atoms with Gasteiger partial charge in [-0.25, -0.2) is 4.79 Å². The van der Waals surface area contributed by atoms with Gasteiger partial charge in [-0.1, -0.05) is 0 Å². The lowest BCUT2D eigenvalue weighted by Gasteiger charge is -2.41. The zero-order chi connectivity index (χ0) is 18.0. The summed E-state index contributed by atoms with van der Waals surface area (Å²) in [4.78, 5) is 16.2. The van der Waals surface area contributed by atoms with E-state index in [9.17, 15) is 10.1 Å². The largest absolute Gasteiger partial charge is 0.489 e. The molecule has 1 atom stereocenters. The summed E-state index contributed by atoms with van der Waals surface area (Å²) < 4.78 is 16.9. The highest BCUT2D eigenvalue weighted by Crippen LogP contribution is 2.32. The number of hydrogen-bond donors (Lipinski definition) is 0. The molecule has 1 fully saturated rings. The molecule has 0 N–H and O–H groups in total. The van der Waals surface area contributed by atoms with Gasteiger partial charge in [0.2, 0.25) is 0 Å². The minimum absolute atomic E-state index is 0.00395. The molecule has 7 heteroatoms. The van der Waals surface area contributed by atoms with Crippen LogP contribution in [0.3, 0.4) is 0 Å². The number of ether oxygens (including phenoxy) is 3. The number of piperazine rings is 1. The first-order valence-corrected chi connectivity index (χ1v) is 8.70. The number of rotatable bonds is 1. The Kier molecular flexibility index (Phi) is 4.91. The van der Waals surface area contributed by atoms with Gasteiger partial charge in [-0.3, -0.25) is 4.90 Å². The van der Waals surface area contributed by atoms with E-state index in [1.165, 1.54) is 0 Å². The topological polar surface area (TPSA) is 75.0 Å². The third-order valence-electron chi connectivity index (χ3n) is 4.41. The van der Waals surface area contributed by atoms with Crippen molar-refractivity contribution in [3.63, 3.8) is 0 Å². The molecule has 3 aliphatic rings. The number of carbonyl (C=O) groups is 1. The maximum atomic E-state index is 12.2. The number of nitrogens with zero attached hydrogens (tertiary/aromatic N) is 3. The van der Waals surface area contributed by atoms with Crippen molar-refractivity contribution in [2.24, 2.45) is 0 Å².